The van der Waals surface area contributed by atoms with Crippen LogP contribution in [0, 0.1) is 0 Å². The normalized spacial score (nSPS) is 27.6. The molecule has 0 amide bonds. The molecule has 2 bridgehead atoms. The van der Waals surface area contributed by atoms with E-state index in [0.29, 0.717) is 6.61 Å². The Morgan fingerprint density at radius 3 is 2.75 bits per heavy atom. The van der Waals surface area contributed by atoms with Crippen molar-refractivity contribution >= 4 is 5.69 Å². The van der Waals surface area contributed by atoms with E-state index in [1.807, 2.05) is 18.2 Å². The predicted octanol–water partition coefficient (Wildman–Crippen LogP) is 2.97. The summed E-state index contributed by atoms with van der Waals surface area (Å²) in [5, 5.41) is 13.5. The van der Waals surface area contributed by atoms with Gasteiger partial charge in [0.05, 0.1) is 24.9 Å². The summed E-state index contributed by atoms with van der Waals surface area (Å²) in [5.74, 6) is 0. The Morgan fingerprint density at radius 1 is 1.05 bits per heavy atom. The molecule has 1 fully saturated rings. The van der Waals surface area contributed by atoms with Gasteiger partial charge in [0, 0.05) is 23.2 Å². The second kappa shape index (κ2) is 4.62. The maximum absolute atomic E-state index is 10.0. The number of benzene rings is 2. The van der Waals surface area contributed by atoms with Crippen LogP contribution >= 0.6 is 0 Å². The number of ether oxygens (including phenoxy) is 1. The molecule has 102 valence electrons. The second-order valence-corrected chi connectivity index (χ2v) is 5.51. The summed E-state index contributed by atoms with van der Waals surface area (Å²) < 4.78 is 5.79. The fraction of sp³-hybridized carbons (Fsp3) is 0.294. The minimum atomic E-state index is -0.428. The van der Waals surface area contributed by atoms with E-state index in [1.165, 1.54) is 16.7 Å². The van der Waals surface area contributed by atoms with Crippen LogP contribution in [0.15, 0.2) is 48.5 Å². The summed E-state index contributed by atoms with van der Waals surface area (Å²) in [4.78, 5) is 0. The largest absolute Gasteiger partial charge is 0.389 e. The van der Waals surface area contributed by atoms with Gasteiger partial charge >= 0.3 is 0 Å². The minimum absolute atomic E-state index is 0.0890. The van der Waals surface area contributed by atoms with Gasteiger partial charge in [-0.2, -0.15) is 0 Å². The van der Waals surface area contributed by atoms with Crippen LogP contribution in [-0.2, 0) is 4.74 Å². The van der Waals surface area contributed by atoms with Gasteiger partial charge in [-0.3, -0.25) is 0 Å². The van der Waals surface area contributed by atoms with Gasteiger partial charge in [-0.05, 0) is 5.56 Å². The molecule has 0 aliphatic carbocycles. The first-order valence-corrected chi connectivity index (χ1v) is 7.07. The van der Waals surface area contributed by atoms with E-state index in [-0.39, 0.29) is 12.1 Å². The van der Waals surface area contributed by atoms with E-state index >= 15 is 0 Å². The van der Waals surface area contributed by atoms with E-state index < -0.39 is 6.10 Å². The van der Waals surface area contributed by atoms with Gasteiger partial charge in [-0.15, -0.1) is 0 Å². The Hall–Kier alpha value is -1.84. The van der Waals surface area contributed by atoms with Crippen LogP contribution < -0.4 is 5.32 Å². The van der Waals surface area contributed by atoms with Crippen molar-refractivity contribution < 1.29 is 9.84 Å². The average Bonchev–Trinajstić information content (AvgIpc) is 2.51. The molecule has 0 radical (unpaired) electrons. The van der Waals surface area contributed by atoms with Crippen molar-refractivity contribution in [3.05, 3.63) is 54.1 Å². The number of fused-ring (bicyclic) bond motifs is 4. The van der Waals surface area contributed by atoms with Crippen molar-refractivity contribution in [3.8, 4) is 11.1 Å². The Kier molecular flexibility index (Phi) is 2.76. The molecule has 2 heterocycles. The van der Waals surface area contributed by atoms with Crippen LogP contribution in [0.3, 0.4) is 0 Å². The van der Waals surface area contributed by atoms with Gasteiger partial charge in [0.1, 0.15) is 0 Å². The van der Waals surface area contributed by atoms with Crippen molar-refractivity contribution in [2.24, 2.45) is 0 Å². The third-order valence-corrected chi connectivity index (χ3v) is 4.26. The molecule has 3 nitrogen and oxygen atoms in total. The molecular formula is C17H17NO2. The Morgan fingerprint density at radius 2 is 1.90 bits per heavy atom. The van der Waals surface area contributed by atoms with Crippen LogP contribution in [0.25, 0.3) is 11.1 Å². The molecule has 2 aliphatic heterocycles. The maximum atomic E-state index is 10.0. The summed E-state index contributed by atoms with van der Waals surface area (Å²) in [6.45, 7) is 0.414. The third kappa shape index (κ3) is 1.82. The summed E-state index contributed by atoms with van der Waals surface area (Å²) in [7, 11) is 0. The van der Waals surface area contributed by atoms with E-state index in [2.05, 4.69) is 35.6 Å². The van der Waals surface area contributed by atoms with Crippen molar-refractivity contribution in [3.63, 3.8) is 0 Å². The number of aliphatic hydroxyl groups is 1. The van der Waals surface area contributed by atoms with E-state index in [0.717, 1.165) is 12.1 Å². The van der Waals surface area contributed by atoms with Gasteiger partial charge in [0.2, 0.25) is 0 Å². The monoisotopic (exact) mass is 267 g/mol. The summed E-state index contributed by atoms with van der Waals surface area (Å²) in [5.41, 5.74) is 4.68. The lowest BCUT2D eigenvalue weighted by atomic mass is 9.87. The number of para-hydroxylation sites is 1. The number of aliphatic hydroxyl groups excluding tert-OH is 1. The second-order valence-electron chi connectivity index (χ2n) is 5.51. The molecule has 0 spiro atoms. The summed E-state index contributed by atoms with van der Waals surface area (Å²) in [6.07, 6.45) is 0.512. The zero-order valence-corrected chi connectivity index (χ0v) is 11.1. The smallest absolute Gasteiger partial charge is 0.0975 e. The van der Waals surface area contributed by atoms with Gasteiger partial charge < -0.3 is 15.2 Å². The fourth-order valence-corrected chi connectivity index (χ4v) is 3.20. The highest BCUT2D eigenvalue weighted by atomic mass is 16.5. The Balaban J connectivity index is 1.84. The molecule has 2 aliphatic rings. The molecule has 3 atom stereocenters. The van der Waals surface area contributed by atoms with Gasteiger partial charge in [0.25, 0.3) is 0 Å². The lowest BCUT2D eigenvalue weighted by Crippen LogP contribution is -2.46. The zero-order chi connectivity index (χ0) is 13.5. The molecule has 2 aromatic rings. The van der Waals surface area contributed by atoms with Crippen LogP contribution in [0.1, 0.15) is 18.1 Å². The highest BCUT2D eigenvalue weighted by Crippen LogP contribution is 2.43. The number of hydrogen-bond acceptors (Lipinski definition) is 3. The summed E-state index contributed by atoms with van der Waals surface area (Å²) >= 11 is 0. The van der Waals surface area contributed by atoms with Crippen molar-refractivity contribution in [1.29, 1.82) is 0 Å². The van der Waals surface area contributed by atoms with Gasteiger partial charge in [0.15, 0.2) is 0 Å². The minimum Gasteiger partial charge on any atom is -0.389 e. The molecule has 4 rings (SSSR count). The molecule has 0 aromatic heterocycles. The fourth-order valence-electron chi connectivity index (χ4n) is 3.20. The zero-order valence-electron chi connectivity index (χ0n) is 11.1. The van der Waals surface area contributed by atoms with Crippen LogP contribution in [0.4, 0.5) is 5.69 Å². The molecule has 2 N–H and O–H groups in total. The predicted molar refractivity (Wildman–Crippen MR) is 78.6 cm³/mol. The number of hydrogen-bond donors (Lipinski definition) is 2. The SMILES string of the molecule is O[C@@H]1CO[C@H]2C[C@@H]1Nc1c(-c3ccccc3)cccc12. The molecule has 0 unspecified atom stereocenters. The van der Waals surface area contributed by atoms with Gasteiger partial charge in [-0.1, -0.05) is 48.5 Å². The Labute approximate surface area is 118 Å². The first-order valence-electron chi connectivity index (χ1n) is 7.07. The summed E-state index contributed by atoms with van der Waals surface area (Å²) in [6, 6.07) is 16.7. The number of anilines is 1. The van der Waals surface area contributed by atoms with Gasteiger partial charge in [-0.25, -0.2) is 0 Å². The molecule has 2 aromatic carbocycles. The molecule has 20 heavy (non-hydrogen) atoms. The van der Waals surface area contributed by atoms with E-state index in [9.17, 15) is 5.11 Å². The molecule has 0 saturated carbocycles. The van der Waals surface area contributed by atoms with Crippen LogP contribution in [-0.4, -0.2) is 23.9 Å². The van der Waals surface area contributed by atoms with Crippen molar-refractivity contribution in [1.82, 2.24) is 0 Å². The molecule has 1 saturated heterocycles. The van der Waals surface area contributed by atoms with E-state index in [1.54, 1.807) is 0 Å². The maximum Gasteiger partial charge on any atom is 0.0975 e. The molecular weight excluding hydrogens is 250 g/mol. The highest BCUT2D eigenvalue weighted by Gasteiger charge is 2.37. The van der Waals surface area contributed by atoms with Crippen LogP contribution in [0.2, 0.25) is 0 Å². The third-order valence-electron chi connectivity index (χ3n) is 4.26. The van der Waals surface area contributed by atoms with Crippen LogP contribution in [0.5, 0.6) is 0 Å². The molecule has 3 heteroatoms. The van der Waals surface area contributed by atoms with E-state index in [4.69, 9.17) is 4.74 Å². The number of nitrogens with one attached hydrogen (secondary N) is 1. The first kappa shape index (κ1) is 11.9. The van der Waals surface area contributed by atoms with Crippen molar-refractivity contribution in [2.75, 3.05) is 11.9 Å². The Bertz CT molecular complexity index is 626. The van der Waals surface area contributed by atoms with Crippen molar-refractivity contribution in [2.45, 2.75) is 24.7 Å². The number of rotatable bonds is 1. The lowest BCUT2D eigenvalue weighted by Gasteiger charge is -2.41. The lowest BCUT2D eigenvalue weighted by molar-refractivity contribution is -0.0671. The average molecular weight is 267 g/mol. The topological polar surface area (TPSA) is 41.5 Å². The standard InChI is InChI=1S/C17H17NO2/c19-15-10-20-16-9-14(15)18-17-12(7-4-8-13(16)17)11-5-2-1-3-6-11/h1-8,14-16,18-19H,9-10H2/t14-,15+,16-/m0/s1. The first-order chi connectivity index (χ1) is 9.83. The quantitative estimate of drug-likeness (QED) is 0.834. The highest BCUT2D eigenvalue weighted by molar-refractivity contribution is 5.81.